The minimum absolute atomic E-state index is 0.0411. The van der Waals surface area contributed by atoms with Crippen molar-refractivity contribution in [1.29, 1.82) is 0 Å². The monoisotopic (exact) mass is 270 g/mol. The normalized spacial score (nSPS) is 11.4. The molecule has 0 saturated heterocycles. The molecule has 2 aromatic rings. The molecule has 0 amide bonds. The Balaban J connectivity index is 2.34. The molecule has 0 radical (unpaired) electrons. The molecule has 0 heterocycles. The van der Waals surface area contributed by atoms with Crippen molar-refractivity contribution >= 4 is 5.78 Å². The van der Waals surface area contributed by atoms with Gasteiger partial charge in [-0.1, -0.05) is 63.2 Å². The molecule has 0 saturated carbocycles. The van der Waals surface area contributed by atoms with Crippen molar-refractivity contribution in [3.8, 4) is 0 Å². The zero-order chi connectivity index (χ0) is 14.8. The second kappa shape index (κ2) is 5.58. The Kier molecular flexibility index (Phi) is 4.03. The van der Waals surface area contributed by atoms with Gasteiger partial charge in [-0.3, -0.25) is 4.79 Å². The SMILES string of the molecule is CC(C)(C)c1ccccc1C(=O)Cc1ccccc1F. The molecule has 0 N–H and O–H groups in total. The smallest absolute Gasteiger partial charge is 0.167 e. The fourth-order valence-electron chi connectivity index (χ4n) is 2.29. The van der Waals surface area contributed by atoms with Gasteiger partial charge in [-0.25, -0.2) is 4.39 Å². The molecule has 0 atom stereocenters. The van der Waals surface area contributed by atoms with Crippen LogP contribution in [-0.2, 0) is 11.8 Å². The fraction of sp³-hybridized carbons (Fsp3) is 0.278. The standard InChI is InChI=1S/C18H19FO/c1-18(2,3)15-10-6-5-9-14(15)17(20)12-13-8-4-7-11-16(13)19/h4-11H,12H2,1-3H3. The van der Waals surface area contributed by atoms with E-state index in [0.29, 0.717) is 11.1 Å². The Morgan fingerprint density at radius 1 is 1.00 bits per heavy atom. The van der Waals surface area contributed by atoms with Crippen LogP contribution in [-0.4, -0.2) is 5.78 Å². The van der Waals surface area contributed by atoms with E-state index in [1.807, 2.05) is 24.3 Å². The van der Waals surface area contributed by atoms with E-state index in [1.54, 1.807) is 18.2 Å². The Morgan fingerprint density at radius 3 is 2.25 bits per heavy atom. The number of benzene rings is 2. The lowest BCUT2D eigenvalue weighted by Gasteiger charge is -2.22. The van der Waals surface area contributed by atoms with Crippen molar-refractivity contribution in [3.05, 3.63) is 71.0 Å². The second-order valence-corrected chi connectivity index (χ2v) is 5.99. The third-order valence-corrected chi connectivity index (χ3v) is 3.34. The minimum atomic E-state index is -0.325. The van der Waals surface area contributed by atoms with Gasteiger partial charge in [-0.2, -0.15) is 0 Å². The molecule has 2 rings (SSSR count). The molecule has 0 aromatic heterocycles. The largest absolute Gasteiger partial charge is 0.294 e. The molecule has 104 valence electrons. The van der Waals surface area contributed by atoms with Gasteiger partial charge in [0.15, 0.2) is 5.78 Å². The third kappa shape index (κ3) is 3.13. The van der Waals surface area contributed by atoms with Gasteiger partial charge in [-0.05, 0) is 22.6 Å². The van der Waals surface area contributed by atoms with E-state index in [9.17, 15) is 9.18 Å². The lowest BCUT2D eigenvalue weighted by Crippen LogP contribution is -2.18. The predicted molar refractivity (Wildman–Crippen MR) is 79.6 cm³/mol. The Morgan fingerprint density at radius 2 is 1.60 bits per heavy atom. The third-order valence-electron chi connectivity index (χ3n) is 3.34. The van der Waals surface area contributed by atoms with Crippen LogP contribution in [0.1, 0.15) is 42.3 Å². The van der Waals surface area contributed by atoms with Crippen molar-refractivity contribution < 1.29 is 9.18 Å². The summed E-state index contributed by atoms with van der Waals surface area (Å²) in [6.07, 6.45) is 0.0970. The van der Waals surface area contributed by atoms with Crippen molar-refractivity contribution in [2.75, 3.05) is 0 Å². The number of ketones is 1. The van der Waals surface area contributed by atoms with Crippen LogP contribution in [0.25, 0.3) is 0 Å². The predicted octanol–water partition coefficient (Wildman–Crippen LogP) is 4.55. The fourth-order valence-corrected chi connectivity index (χ4v) is 2.29. The minimum Gasteiger partial charge on any atom is -0.294 e. The Bertz CT molecular complexity index is 623. The van der Waals surface area contributed by atoms with E-state index in [1.165, 1.54) is 6.07 Å². The van der Waals surface area contributed by atoms with Crippen molar-refractivity contribution in [1.82, 2.24) is 0 Å². The first kappa shape index (κ1) is 14.4. The van der Waals surface area contributed by atoms with E-state index in [-0.39, 0.29) is 23.4 Å². The first-order valence-electron chi connectivity index (χ1n) is 6.75. The number of halogens is 1. The lowest BCUT2D eigenvalue weighted by atomic mass is 9.82. The number of carbonyl (C=O) groups excluding carboxylic acids is 1. The van der Waals surface area contributed by atoms with Crippen LogP contribution in [0.15, 0.2) is 48.5 Å². The zero-order valence-electron chi connectivity index (χ0n) is 12.1. The summed E-state index contributed by atoms with van der Waals surface area (Å²) in [4.78, 5) is 12.5. The molecule has 0 aliphatic rings. The molecule has 0 aliphatic carbocycles. The van der Waals surface area contributed by atoms with Crippen LogP contribution in [0.3, 0.4) is 0 Å². The average molecular weight is 270 g/mol. The maximum Gasteiger partial charge on any atom is 0.167 e. The quantitative estimate of drug-likeness (QED) is 0.748. The molecular formula is C18H19FO. The van der Waals surface area contributed by atoms with E-state index < -0.39 is 0 Å². The molecule has 0 unspecified atom stereocenters. The van der Waals surface area contributed by atoms with Gasteiger partial charge in [0.05, 0.1) is 0 Å². The zero-order valence-corrected chi connectivity index (χ0v) is 12.1. The number of hydrogen-bond donors (Lipinski definition) is 0. The Hall–Kier alpha value is -1.96. The summed E-state index contributed by atoms with van der Waals surface area (Å²) in [6.45, 7) is 6.21. The summed E-state index contributed by atoms with van der Waals surface area (Å²) in [5.74, 6) is -0.366. The van der Waals surface area contributed by atoms with Crippen LogP contribution in [0.5, 0.6) is 0 Å². The number of rotatable bonds is 3. The summed E-state index contributed by atoms with van der Waals surface area (Å²) in [6, 6.07) is 14.0. The molecule has 2 heteroatoms. The summed E-state index contributed by atoms with van der Waals surface area (Å²) in [5, 5.41) is 0. The van der Waals surface area contributed by atoms with Gasteiger partial charge < -0.3 is 0 Å². The summed E-state index contributed by atoms with van der Waals surface area (Å²) in [5.41, 5.74) is 2.02. The summed E-state index contributed by atoms with van der Waals surface area (Å²) >= 11 is 0. The van der Waals surface area contributed by atoms with Crippen molar-refractivity contribution in [3.63, 3.8) is 0 Å². The first-order chi connectivity index (χ1) is 9.39. The van der Waals surface area contributed by atoms with Crippen LogP contribution in [0, 0.1) is 5.82 Å². The highest BCUT2D eigenvalue weighted by Gasteiger charge is 2.21. The van der Waals surface area contributed by atoms with Gasteiger partial charge in [0.2, 0.25) is 0 Å². The Labute approximate surface area is 119 Å². The highest BCUT2D eigenvalue weighted by atomic mass is 19.1. The topological polar surface area (TPSA) is 17.1 Å². The van der Waals surface area contributed by atoms with Crippen LogP contribution >= 0.6 is 0 Å². The average Bonchev–Trinajstić information content (AvgIpc) is 2.40. The highest BCUT2D eigenvalue weighted by Crippen LogP contribution is 2.26. The van der Waals surface area contributed by atoms with Crippen molar-refractivity contribution in [2.24, 2.45) is 0 Å². The number of hydrogen-bond acceptors (Lipinski definition) is 1. The van der Waals surface area contributed by atoms with Crippen molar-refractivity contribution in [2.45, 2.75) is 32.6 Å². The van der Waals surface area contributed by atoms with Gasteiger partial charge in [-0.15, -0.1) is 0 Å². The van der Waals surface area contributed by atoms with Gasteiger partial charge in [0.25, 0.3) is 0 Å². The molecule has 20 heavy (non-hydrogen) atoms. The van der Waals surface area contributed by atoms with E-state index in [0.717, 1.165) is 5.56 Å². The molecule has 2 aromatic carbocycles. The molecule has 0 bridgehead atoms. The van der Waals surface area contributed by atoms with Crippen LogP contribution in [0.2, 0.25) is 0 Å². The lowest BCUT2D eigenvalue weighted by molar-refractivity contribution is 0.0989. The van der Waals surface area contributed by atoms with E-state index >= 15 is 0 Å². The van der Waals surface area contributed by atoms with Gasteiger partial charge in [0, 0.05) is 12.0 Å². The maximum absolute atomic E-state index is 13.6. The summed E-state index contributed by atoms with van der Waals surface area (Å²) < 4.78 is 13.6. The molecule has 0 aliphatic heterocycles. The molecule has 0 fully saturated rings. The van der Waals surface area contributed by atoms with E-state index in [2.05, 4.69) is 20.8 Å². The van der Waals surface area contributed by atoms with Crippen LogP contribution in [0.4, 0.5) is 4.39 Å². The van der Waals surface area contributed by atoms with Gasteiger partial charge >= 0.3 is 0 Å². The highest BCUT2D eigenvalue weighted by molar-refractivity contribution is 5.99. The number of Topliss-reactive ketones (excluding diaryl/α,β-unsaturated/α-hetero) is 1. The maximum atomic E-state index is 13.6. The second-order valence-electron chi connectivity index (χ2n) is 5.99. The molecule has 0 spiro atoms. The first-order valence-corrected chi connectivity index (χ1v) is 6.75. The van der Waals surface area contributed by atoms with Crippen LogP contribution < -0.4 is 0 Å². The number of carbonyl (C=O) groups is 1. The molecule has 1 nitrogen and oxygen atoms in total. The van der Waals surface area contributed by atoms with E-state index in [4.69, 9.17) is 0 Å². The molecular weight excluding hydrogens is 251 g/mol. The summed E-state index contributed by atoms with van der Waals surface area (Å²) in [7, 11) is 0. The van der Waals surface area contributed by atoms with Gasteiger partial charge in [0.1, 0.15) is 5.82 Å².